The SMILES string of the molecule is CC(N[P+]1(I)Oc2c([Si](c3ccccc3)(c3ccccc3)c3ccccc3)cc3ccccc3c2-c2c(c([Si](c3ccccc3)(c3ccccc3)c3ccccc3)cc3ccccc23)O1)c1ccccc1. The summed E-state index contributed by atoms with van der Waals surface area (Å²) in [5.41, 5.74) is 0.0298. The largest absolute Gasteiger partial charge is 0.494 e. The molecule has 0 amide bonds. The van der Waals surface area contributed by atoms with Crippen molar-refractivity contribution in [1.29, 1.82) is 0 Å². The molecule has 0 bridgehead atoms. The minimum atomic E-state index is -3.27. The summed E-state index contributed by atoms with van der Waals surface area (Å²) in [5, 5.41) is 18.6. The van der Waals surface area contributed by atoms with Gasteiger partial charge in [-0.25, -0.2) is 0 Å². The molecule has 0 saturated heterocycles. The third-order valence-corrected chi connectivity index (χ3v) is 27.5. The Labute approximate surface area is 431 Å². The molecule has 0 saturated carbocycles. The molecule has 1 unspecified atom stereocenters. The van der Waals surface area contributed by atoms with E-state index in [0.717, 1.165) is 49.7 Å². The highest BCUT2D eigenvalue weighted by Crippen LogP contribution is 2.69. The standard InChI is InChI=1S/C64H50INO2PSi2/c1-47(48-27-9-2-10-28-48)66-69(65)67-63-59(70(51-31-11-3-12-32-51,52-33-13-4-14-34-52)53-35-15-5-16-36-53)45-49-29-23-25-43-57(49)61(63)62-58-44-26-24-30-50(58)46-60(64(62)68-69)71(54-37-17-6-18-38-54,55-39-19-7-20-40-55)56-41-21-8-22-42-56/h2-47,66H,1H3/q+1. The molecule has 11 aromatic carbocycles. The smallest absolute Gasteiger partial charge is 0.280 e. The highest BCUT2D eigenvalue weighted by atomic mass is 127. The second-order valence-corrected chi connectivity index (χ2v) is 31.3. The van der Waals surface area contributed by atoms with E-state index in [-0.39, 0.29) is 6.04 Å². The predicted molar refractivity (Wildman–Crippen MR) is 314 cm³/mol. The Hall–Kier alpha value is -6.91. The number of rotatable bonds is 11. The lowest BCUT2D eigenvalue weighted by Gasteiger charge is -2.36. The lowest BCUT2D eigenvalue weighted by molar-refractivity contribution is 0.470. The van der Waals surface area contributed by atoms with Gasteiger partial charge in [0, 0.05) is 21.5 Å². The van der Waals surface area contributed by atoms with Gasteiger partial charge in [0.15, 0.2) is 27.6 Å². The number of hydrogen-bond acceptors (Lipinski definition) is 3. The summed E-state index contributed by atoms with van der Waals surface area (Å²) < 4.78 is 16.4. The molecule has 0 radical (unpaired) electrons. The lowest BCUT2D eigenvalue weighted by Crippen LogP contribution is -2.75. The van der Waals surface area contributed by atoms with E-state index >= 15 is 0 Å². The fourth-order valence-electron chi connectivity index (χ4n) is 11.3. The van der Waals surface area contributed by atoms with E-state index < -0.39 is 21.7 Å². The topological polar surface area (TPSA) is 30.5 Å². The van der Waals surface area contributed by atoms with Gasteiger partial charge in [0.25, 0.3) is 22.0 Å². The van der Waals surface area contributed by atoms with Gasteiger partial charge in [-0.15, -0.1) is 5.09 Å². The first-order chi connectivity index (χ1) is 35.0. The van der Waals surface area contributed by atoms with E-state index in [1.807, 2.05) is 0 Å². The van der Waals surface area contributed by atoms with Crippen molar-refractivity contribution in [2.24, 2.45) is 0 Å². The van der Waals surface area contributed by atoms with Crippen LogP contribution in [0.3, 0.4) is 0 Å². The van der Waals surface area contributed by atoms with Crippen LogP contribution in [-0.2, 0) is 0 Å². The molecule has 71 heavy (non-hydrogen) atoms. The molecule has 7 heteroatoms. The zero-order chi connectivity index (χ0) is 47.8. The Morgan fingerprint density at radius 3 is 0.944 bits per heavy atom. The summed E-state index contributed by atoms with van der Waals surface area (Å²) >= 11 is 2.56. The van der Waals surface area contributed by atoms with Crippen molar-refractivity contribution in [3.63, 3.8) is 0 Å². The summed E-state index contributed by atoms with van der Waals surface area (Å²) in [6.07, 6.45) is 0. The molecule has 3 nitrogen and oxygen atoms in total. The van der Waals surface area contributed by atoms with Gasteiger partial charge in [-0.3, -0.25) is 9.05 Å². The maximum Gasteiger partial charge on any atom is 0.494 e. The van der Waals surface area contributed by atoms with E-state index in [0.29, 0.717) is 0 Å². The average Bonchev–Trinajstić information content (AvgIpc) is 3.58. The first-order valence-corrected chi connectivity index (χ1v) is 32.7. The maximum absolute atomic E-state index is 8.18. The van der Waals surface area contributed by atoms with Crippen molar-refractivity contribution in [1.82, 2.24) is 5.09 Å². The molecule has 0 fully saturated rings. The van der Waals surface area contributed by atoms with Crippen LogP contribution in [0.15, 0.2) is 273 Å². The Kier molecular flexibility index (Phi) is 12.1. The molecule has 0 spiro atoms. The molecular weight excluding hydrogens is 1030 g/mol. The van der Waals surface area contributed by atoms with E-state index in [1.54, 1.807) is 0 Å². The van der Waals surface area contributed by atoms with Gasteiger partial charge in [0.1, 0.15) is 0 Å². The molecule has 1 aliphatic rings. The summed E-state index contributed by atoms with van der Waals surface area (Å²) in [6, 6.07) is 101. The van der Waals surface area contributed by atoms with E-state index in [9.17, 15) is 0 Å². The van der Waals surface area contributed by atoms with Crippen LogP contribution in [0.1, 0.15) is 18.5 Å². The lowest BCUT2D eigenvalue weighted by atomic mass is 9.92. The molecule has 0 aromatic heterocycles. The van der Waals surface area contributed by atoms with Gasteiger partial charge in [-0.05, 0) is 65.2 Å². The summed E-state index contributed by atoms with van der Waals surface area (Å²) in [6.45, 7) is 2.23. The van der Waals surface area contributed by atoms with Crippen molar-refractivity contribution in [2.75, 3.05) is 0 Å². The Bertz CT molecular complexity index is 3240. The van der Waals surface area contributed by atoms with Gasteiger partial charge in [0.05, 0.1) is 6.04 Å². The fourth-order valence-corrected chi connectivity index (χ4v) is 25.3. The van der Waals surface area contributed by atoms with Gasteiger partial charge in [0.2, 0.25) is 0 Å². The van der Waals surface area contributed by atoms with Crippen LogP contribution in [0.4, 0.5) is 0 Å². The van der Waals surface area contributed by atoms with Crippen molar-refractivity contribution < 1.29 is 9.05 Å². The number of benzene rings is 11. The van der Waals surface area contributed by atoms with Crippen LogP contribution in [0.5, 0.6) is 11.5 Å². The average molecular weight is 1080 g/mol. The predicted octanol–water partition coefficient (Wildman–Crippen LogP) is 11.6. The van der Waals surface area contributed by atoms with Gasteiger partial charge >= 0.3 is 5.51 Å². The summed E-state index contributed by atoms with van der Waals surface area (Å²) in [7, 11) is -6.53. The molecule has 1 heterocycles. The van der Waals surface area contributed by atoms with E-state index in [1.165, 1.54) is 41.5 Å². The van der Waals surface area contributed by atoms with Gasteiger partial charge in [-0.1, -0.05) is 273 Å². The maximum atomic E-state index is 8.18. The van der Waals surface area contributed by atoms with E-state index in [2.05, 4.69) is 307 Å². The van der Waals surface area contributed by atoms with Crippen molar-refractivity contribution in [2.45, 2.75) is 13.0 Å². The summed E-state index contributed by atoms with van der Waals surface area (Å²) in [5.74, 6) is 1.71. The number of fused-ring (bicyclic) bond motifs is 7. The van der Waals surface area contributed by atoms with Crippen LogP contribution in [0.25, 0.3) is 32.7 Å². The van der Waals surface area contributed by atoms with Crippen LogP contribution < -0.4 is 55.6 Å². The molecule has 11 aromatic rings. The van der Waals surface area contributed by atoms with Crippen LogP contribution in [0, 0.1) is 0 Å². The molecule has 1 N–H and O–H groups in total. The van der Waals surface area contributed by atoms with Crippen molar-refractivity contribution >= 4 is 107 Å². The van der Waals surface area contributed by atoms with Gasteiger partial charge in [-0.2, -0.15) is 0 Å². The third-order valence-electron chi connectivity index (χ3n) is 14.4. The third kappa shape index (κ3) is 7.77. The van der Waals surface area contributed by atoms with Crippen molar-refractivity contribution in [3.05, 3.63) is 279 Å². The zero-order valence-corrected chi connectivity index (χ0v) is 44.3. The monoisotopic (exact) mass is 1080 g/mol. The van der Waals surface area contributed by atoms with Crippen LogP contribution in [-0.4, -0.2) is 16.1 Å². The number of hydrogen-bond donors (Lipinski definition) is 1. The fraction of sp³-hybridized carbons (Fsp3) is 0.0312. The highest BCUT2D eigenvalue weighted by molar-refractivity contribution is 14.2. The second kappa shape index (κ2) is 19.0. The van der Waals surface area contributed by atoms with Gasteiger partial charge < -0.3 is 0 Å². The minimum absolute atomic E-state index is 0.127. The summed E-state index contributed by atoms with van der Waals surface area (Å²) in [4.78, 5) is 0. The normalized spacial score (nSPS) is 13.5. The molecule has 12 rings (SSSR count). The van der Waals surface area contributed by atoms with Crippen LogP contribution in [0.2, 0.25) is 0 Å². The Morgan fingerprint density at radius 2 is 0.634 bits per heavy atom. The van der Waals surface area contributed by atoms with E-state index in [4.69, 9.17) is 9.05 Å². The highest BCUT2D eigenvalue weighted by Gasteiger charge is 2.56. The molecule has 1 aliphatic heterocycles. The Balaban J connectivity index is 1.31. The molecule has 0 aliphatic carbocycles. The van der Waals surface area contributed by atoms with Crippen LogP contribution >= 0.6 is 27.6 Å². The first kappa shape index (κ1) is 45.2. The minimum Gasteiger partial charge on any atom is -0.280 e. The molecule has 1 atom stereocenters. The number of halogens is 1. The molecule has 342 valence electrons. The Morgan fingerprint density at radius 1 is 0.366 bits per heavy atom. The van der Waals surface area contributed by atoms with Crippen molar-refractivity contribution in [3.8, 4) is 22.6 Å². The zero-order valence-electron chi connectivity index (χ0n) is 39.2. The molecular formula is C64H50INO2PSi2+. The first-order valence-electron chi connectivity index (χ1n) is 24.3. The second-order valence-electron chi connectivity index (χ2n) is 18.3. The quantitative estimate of drug-likeness (QED) is 0.0606. The number of nitrogens with one attached hydrogen (secondary N) is 1.